The summed E-state index contributed by atoms with van der Waals surface area (Å²) in [6, 6.07) is 0.820. The number of aryl methyl sites for hydroxylation is 1. The van der Waals surface area contributed by atoms with Crippen molar-refractivity contribution in [2.75, 3.05) is 36.9 Å². The van der Waals surface area contributed by atoms with Gasteiger partial charge in [-0.25, -0.2) is 23.4 Å². The number of alkyl halides is 3. The zero-order valence-electron chi connectivity index (χ0n) is 19.3. The van der Waals surface area contributed by atoms with Crippen LogP contribution in [0.1, 0.15) is 18.8 Å². The number of rotatable bonds is 10. The van der Waals surface area contributed by atoms with Crippen molar-refractivity contribution in [1.29, 1.82) is 0 Å². The second-order valence-corrected chi connectivity index (χ2v) is 10.0. The summed E-state index contributed by atoms with van der Waals surface area (Å²) >= 11 is 5.75. The second kappa shape index (κ2) is 11.0. The molecule has 0 radical (unpaired) electrons. The number of hydrogen-bond donors (Lipinski definition) is 1. The number of fused-ring (bicyclic) bond motifs is 3. The normalized spacial score (nSPS) is 15.3. The first kappa shape index (κ1) is 26.8. The molecule has 3 aromatic rings. The molecule has 200 valence electrons. The number of nitrogens with zero attached hydrogens (tertiary/aromatic N) is 6. The Hall–Kier alpha value is -3.24. The molecular weight excluding hydrogens is 543 g/mol. The van der Waals surface area contributed by atoms with Crippen LogP contribution in [0.3, 0.4) is 0 Å². The summed E-state index contributed by atoms with van der Waals surface area (Å²) in [5.41, 5.74) is 0.221. The van der Waals surface area contributed by atoms with Gasteiger partial charge in [0, 0.05) is 31.6 Å². The molecule has 0 amide bonds. The Morgan fingerprint density at radius 3 is 2.70 bits per heavy atom. The van der Waals surface area contributed by atoms with Crippen molar-refractivity contribution in [2.24, 2.45) is 0 Å². The maximum Gasteiger partial charge on any atom is 0.422 e. The fraction of sp³-hybridized carbons (Fsp3) is 0.450. The zero-order chi connectivity index (χ0) is 26.6. The first-order valence-corrected chi connectivity index (χ1v) is 12.9. The van der Waals surface area contributed by atoms with E-state index in [9.17, 15) is 21.6 Å². The third-order valence-corrected chi connectivity index (χ3v) is 6.43. The SMILES string of the molecule is CCOC[C@H]1COc2c(ccnc2OCC(F)(F)F)-c2nnc(NS(=O)(=O)CCc3ncc(Cl)cn3)n21. The number of pyridine rings is 1. The summed E-state index contributed by atoms with van der Waals surface area (Å²) in [7, 11) is -3.94. The molecule has 3 aromatic heterocycles. The first-order chi connectivity index (χ1) is 17.6. The van der Waals surface area contributed by atoms with E-state index in [4.69, 9.17) is 25.8 Å². The van der Waals surface area contributed by atoms with Crippen molar-refractivity contribution >= 4 is 27.6 Å². The molecule has 1 atom stereocenters. The van der Waals surface area contributed by atoms with Crippen molar-refractivity contribution in [3.8, 4) is 23.0 Å². The van der Waals surface area contributed by atoms with Crippen LogP contribution in [0.25, 0.3) is 11.4 Å². The largest absolute Gasteiger partial charge is 0.485 e. The lowest BCUT2D eigenvalue weighted by Crippen LogP contribution is -2.26. The number of aromatic nitrogens is 6. The van der Waals surface area contributed by atoms with Gasteiger partial charge in [-0.05, 0) is 13.0 Å². The van der Waals surface area contributed by atoms with Gasteiger partial charge in [0.25, 0.3) is 5.88 Å². The van der Waals surface area contributed by atoms with Crippen molar-refractivity contribution in [3.05, 3.63) is 35.5 Å². The van der Waals surface area contributed by atoms with Gasteiger partial charge in [0.05, 0.1) is 29.0 Å². The summed E-state index contributed by atoms with van der Waals surface area (Å²) in [6.45, 7) is 0.519. The predicted molar refractivity (Wildman–Crippen MR) is 124 cm³/mol. The van der Waals surface area contributed by atoms with Gasteiger partial charge in [0.15, 0.2) is 18.2 Å². The van der Waals surface area contributed by atoms with E-state index in [1.807, 2.05) is 0 Å². The molecule has 1 aliphatic heterocycles. The van der Waals surface area contributed by atoms with Crippen LogP contribution in [0.15, 0.2) is 24.7 Å². The van der Waals surface area contributed by atoms with Crippen LogP contribution in [0.4, 0.5) is 19.1 Å². The zero-order valence-corrected chi connectivity index (χ0v) is 20.8. The molecule has 0 fully saturated rings. The molecular formula is C20H21ClF3N7O5S. The molecule has 12 nitrogen and oxygen atoms in total. The van der Waals surface area contributed by atoms with Gasteiger partial charge in [-0.3, -0.25) is 9.29 Å². The Morgan fingerprint density at radius 1 is 1.24 bits per heavy atom. The molecule has 4 heterocycles. The van der Waals surface area contributed by atoms with Gasteiger partial charge in [0.2, 0.25) is 16.0 Å². The van der Waals surface area contributed by atoms with Crippen LogP contribution < -0.4 is 14.2 Å². The van der Waals surface area contributed by atoms with E-state index in [-0.39, 0.29) is 60.2 Å². The highest BCUT2D eigenvalue weighted by Gasteiger charge is 2.33. The van der Waals surface area contributed by atoms with Gasteiger partial charge >= 0.3 is 6.18 Å². The molecule has 0 saturated carbocycles. The number of nitrogens with one attached hydrogen (secondary N) is 1. The average Bonchev–Trinajstić information content (AvgIpc) is 3.16. The van der Waals surface area contributed by atoms with E-state index < -0.39 is 28.8 Å². The fourth-order valence-electron chi connectivity index (χ4n) is 3.40. The highest BCUT2D eigenvalue weighted by atomic mass is 35.5. The smallest absolute Gasteiger partial charge is 0.422 e. The van der Waals surface area contributed by atoms with Crippen LogP contribution >= 0.6 is 11.6 Å². The Bertz CT molecular complexity index is 1340. The van der Waals surface area contributed by atoms with Crippen LogP contribution in [0, 0.1) is 0 Å². The number of anilines is 1. The minimum atomic E-state index is -4.59. The van der Waals surface area contributed by atoms with Crippen LogP contribution in [0.5, 0.6) is 11.6 Å². The summed E-state index contributed by atoms with van der Waals surface area (Å²) < 4.78 is 83.9. The Balaban J connectivity index is 1.64. The molecule has 0 saturated heterocycles. The lowest BCUT2D eigenvalue weighted by Gasteiger charge is -2.19. The quantitative estimate of drug-likeness (QED) is 0.391. The maximum atomic E-state index is 12.8. The summed E-state index contributed by atoms with van der Waals surface area (Å²) in [6.07, 6.45) is -0.631. The molecule has 0 aliphatic carbocycles. The number of hydrogen-bond acceptors (Lipinski definition) is 10. The molecule has 4 rings (SSSR count). The van der Waals surface area contributed by atoms with E-state index in [2.05, 4.69) is 29.9 Å². The summed E-state index contributed by atoms with van der Waals surface area (Å²) in [5.74, 6) is -0.525. The maximum absolute atomic E-state index is 12.8. The minimum absolute atomic E-state index is 0.00733. The molecule has 0 spiro atoms. The minimum Gasteiger partial charge on any atom is -0.485 e. The number of ether oxygens (including phenoxy) is 3. The molecule has 37 heavy (non-hydrogen) atoms. The molecule has 1 N–H and O–H groups in total. The van der Waals surface area contributed by atoms with Gasteiger partial charge in [-0.2, -0.15) is 13.2 Å². The lowest BCUT2D eigenvalue weighted by atomic mass is 10.2. The van der Waals surface area contributed by atoms with E-state index in [0.717, 1.165) is 0 Å². The van der Waals surface area contributed by atoms with Crippen LogP contribution in [0.2, 0.25) is 5.02 Å². The highest BCUT2D eigenvalue weighted by molar-refractivity contribution is 7.92. The van der Waals surface area contributed by atoms with Crippen molar-refractivity contribution < 1.29 is 35.8 Å². The number of sulfonamides is 1. The highest BCUT2D eigenvalue weighted by Crippen LogP contribution is 2.41. The first-order valence-electron chi connectivity index (χ1n) is 10.9. The van der Waals surface area contributed by atoms with E-state index in [1.54, 1.807) is 6.92 Å². The summed E-state index contributed by atoms with van der Waals surface area (Å²) in [5, 5.41) is 8.39. The van der Waals surface area contributed by atoms with E-state index >= 15 is 0 Å². The molecule has 0 unspecified atom stereocenters. The van der Waals surface area contributed by atoms with E-state index in [0.29, 0.717) is 11.6 Å². The Kier molecular flexibility index (Phi) is 7.99. The van der Waals surface area contributed by atoms with Crippen molar-refractivity contribution in [3.63, 3.8) is 0 Å². The lowest BCUT2D eigenvalue weighted by molar-refractivity contribution is -0.154. The Labute approximate surface area is 214 Å². The summed E-state index contributed by atoms with van der Waals surface area (Å²) in [4.78, 5) is 11.8. The van der Waals surface area contributed by atoms with E-state index in [1.165, 1.54) is 29.2 Å². The van der Waals surface area contributed by atoms with Crippen molar-refractivity contribution in [2.45, 2.75) is 25.6 Å². The van der Waals surface area contributed by atoms with Gasteiger partial charge < -0.3 is 14.2 Å². The topological polar surface area (TPSA) is 143 Å². The third kappa shape index (κ3) is 6.75. The molecule has 0 aromatic carbocycles. The fourth-order valence-corrected chi connectivity index (χ4v) is 4.47. The molecule has 17 heteroatoms. The third-order valence-electron chi connectivity index (χ3n) is 5.00. The van der Waals surface area contributed by atoms with Gasteiger partial charge in [-0.1, -0.05) is 11.6 Å². The van der Waals surface area contributed by atoms with Crippen LogP contribution in [-0.2, 0) is 21.2 Å². The average molecular weight is 564 g/mol. The Morgan fingerprint density at radius 2 is 2.00 bits per heavy atom. The monoisotopic (exact) mass is 563 g/mol. The molecule has 0 bridgehead atoms. The van der Waals surface area contributed by atoms with Crippen molar-refractivity contribution in [1.82, 2.24) is 29.7 Å². The second-order valence-electron chi connectivity index (χ2n) is 7.73. The predicted octanol–water partition coefficient (Wildman–Crippen LogP) is 2.68. The van der Waals surface area contributed by atoms with Crippen LogP contribution in [-0.4, -0.2) is 76.5 Å². The standard InChI is InChI=1S/C20H21ClF3N7O5S/c1-2-34-9-13-10-35-16-14(3-5-25-18(16)36-11-20(22,23)24)17-28-29-19(31(13)17)30-37(32,33)6-4-15-26-7-12(21)8-27-15/h3,5,7-8,13H,2,4,6,9-11H2,1H3,(H,29,30)/t13-/m0/s1. The van der Waals surface area contributed by atoms with Gasteiger partial charge in [-0.15, -0.1) is 10.2 Å². The van der Waals surface area contributed by atoms with Gasteiger partial charge in [0.1, 0.15) is 12.4 Å². The number of halogens is 4. The molecule has 1 aliphatic rings.